The first-order valence-corrected chi connectivity index (χ1v) is 7.24. The summed E-state index contributed by atoms with van der Waals surface area (Å²) in [4.78, 5) is 16.6. The van der Waals surface area contributed by atoms with Crippen LogP contribution in [-0.4, -0.2) is 27.3 Å². The summed E-state index contributed by atoms with van der Waals surface area (Å²) in [7, 11) is 1.89. The summed E-state index contributed by atoms with van der Waals surface area (Å²) in [6.07, 6.45) is 3.62. The Kier molecular flexibility index (Phi) is 4.73. The third-order valence-corrected chi connectivity index (χ3v) is 3.25. The lowest BCUT2D eigenvalue weighted by atomic mass is 10.1. The molecule has 2 rings (SSSR count). The number of nitrogens with zero attached hydrogens (tertiary/aromatic N) is 3. The molecule has 0 unspecified atom stereocenters. The minimum atomic E-state index is -0.303. The molecule has 0 N–H and O–H groups in total. The molecule has 5 nitrogen and oxygen atoms in total. The fourth-order valence-electron chi connectivity index (χ4n) is 2.32. The van der Waals surface area contributed by atoms with Crippen LogP contribution >= 0.6 is 0 Å². The molecule has 0 aliphatic heterocycles. The van der Waals surface area contributed by atoms with Crippen molar-refractivity contribution in [1.82, 2.24) is 14.8 Å². The zero-order valence-corrected chi connectivity index (χ0v) is 13.0. The fourth-order valence-corrected chi connectivity index (χ4v) is 2.32. The second-order valence-corrected chi connectivity index (χ2v) is 4.96. The molecular weight excluding hydrogens is 266 g/mol. The third kappa shape index (κ3) is 3.29. The van der Waals surface area contributed by atoms with E-state index in [1.54, 1.807) is 17.7 Å². The van der Waals surface area contributed by atoms with Crippen molar-refractivity contribution in [2.45, 2.75) is 33.6 Å². The summed E-state index contributed by atoms with van der Waals surface area (Å²) in [6, 6.07) is 3.66. The van der Waals surface area contributed by atoms with E-state index in [4.69, 9.17) is 4.74 Å². The molecular formula is C16H21N3O2. The van der Waals surface area contributed by atoms with Crippen LogP contribution in [0.1, 0.15) is 42.0 Å². The van der Waals surface area contributed by atoms with Gasteiger partial charge in [-0.15, -0.1) is 0 Å². The molecule has 5 heteroatoms. The minimum Gasteiger partial charge on any atom is -0.462 e. The van der Waals surface area contributed by atoms with E-state index in [0.717, 1.165) is 35.5 Å². The van der Waals surface area contributed by atoms with Crippen molar-refractivity contribution >= 4 is 5.97 Å². The van der Waals surface area contributed by atoms with Crippen LogP contribution < -0.4 is 0 Å². The van der Waals surface area contributed by atoms with Gasteiger partial charge in [-0.1, -0.05) is 13.3 Å². The highest BCUT2D eigenvalue weighted by molar-refractivity contribution is 5.91. The Morgan fingerprint density at radius 3 is 2.67 bits per heavy atom. The van der Waals surface area contributed by atoms with Crippen LogP contribution in [0.25, 0.3) is 11.3 Å². The van der Waals surface area contributed by atoms with Gasteiger partial charge in [-0.05, 0) is 32.4 Å². The smallest absolute Gasteiger partial charge is 0.339 e. The Bertz CT molecular complexity index is 647. The van der Waals surface area contributed by atoms with Crippen molar-refractivity contribution in [3.63, 3.8) is 0 Å². The first-order valence-electron chi connectivity index (χ1n) is 7.24. The van der Waals surface area contributed by atoms with Gasteiger partial charge < -0.3 is 4.74 Å². The highest BCUT2D eigenvalue weighted by atomic mass is 16.5. The highest BCUT2D eigenvalue weighted by Crippen LogP contribution is 2.23. The average Bonchev–Trinajstić information content (AvgIpc) is 2.78. The highest BCUT2D eigenvalue weighted by Gasteiger charge is 2.16. The lowest BCUT2D eigenvalue weighted by Crippen LogP contribution is -2.10. The summed E-state index contributed by atoms with van der Waals surface area (Å²) in [5.74, 6) is -0.303. The summed E-state index contributed by atoms with van der Waals surface area (Å²) >= 11 is 0. The number of pyridine rings is 1. The van der Waals surface area contributed by atoms with Gasteiger partial charge in [0.1, 0.15) is 0 Å². The minimum absolute atomic E-state index is 0.303. The summed E-state index contributed by atoms with van der Waals surface area (Å²) in [5.41, 5.74) is 4.11. The molecule has 2 aromatic rings. The Morgan fingerprint density at radius 2 is 2.10 bits per heavy atom. The van der Waals surface area contributed by atoms with E-state index < -0.39 is 0 Å². The maximum atomic E-state index is 12.0. The lowest BCUT2D eigenvalue weighted by Gasteiger charge is -2.09. The molecule has 0 amide bonds. The Labute approximate surface area is 125 Å². The van der Waals surface area contributed by atoms with Crippen LogP contribution in [0.3, 0.4) is 0 Å². The van der Waals surface area contributed by atoms with Gasteiger partial charge in [0.05, 0.1) is 29.3 Å². The van der Waals surface area contributed by atoms with E-state index in [0.29, 0.717) is 12.2 Å². The second kappa shape index (κ2) is 6.52. The third-order valence-electron chi connectivity index (χ3n) is 3.25. The standard InChI is InChI=1S/C16H21N3O2/c1-5-7-14-12(16(20)21-6-2)8-9-15(17-14)13-10-19(4)18-11(13)3/h8-10H,5-7H2,1-4H3. The van der Waals surface area contributed by atoms with Crippen molar-refractivity contribution in [2.75, 3.05) is 6.61 Å². The number of aromatic nitrogens is 3. The first-order chi connectivity index (χ1) is 10.1. The molecule has 2 aromatic heterocycles. The van der Waals surface area contributed by atoms with E-state index >= 15 is 0 Å². The van der Waals surface area contributed by atoms with Gasteiger partial charge in [0.25, 0.3) is 0 Å². The predicted molar refractivity (Wildman–Crippen MR) is 81.1 cm³/mol. The molecule has 0 spiro atoms. The predicted octanol–water partition coefficient (Wildman–Crippen LogP) is 2.92. The van der Waals surface area contributed by atoms with Gasteiger partial charge in [-0.2, -0.15) is 5.10 Å². The van der Waals surface area contributed by atoms with Gasteiger partial charge in [-0.3, -0.25) is 9.67 Å². The number of ether oxygens (including phenoxy) is 1. The first kappa shape index (κ1) is 15.2. The molecule has 2 heterocycles. The maximum absolute atomic E-state index is 12.0. The number of aryl methyl sites for hydroxylation is 3. The largest absolute Gasteiger partial charge is 0.462 e. The number of rotatable bonds is 5. The number of carbonyl (C=O) groups excluding carboxylic acids is 1. The molecule has 0 bridgehead atoms. The van der Waals surface area contributed by atoms with E-state index in [2.05, 4.69) is 17.0 Å². The van der Waals surface area contributed by atoms with Gasteiger partial charge in [0.15, 0.2) is 0 Å². The van der Waals surface area contributed by atoms with Crippen LogP contribution in [0, 0.1) is 6.92 Å². The van der Waals surface area contributed by atoms with Gasteiger partial charge in [0, 0.05) is 18.8 Å². The maximum Gasteiger partial charge on any atom is 0.339 e. The molecule has 0 aromatic carbocycles. The molecule has 0 saturated carbocycles. The number of hydrogen-bond acceptors (Lipinski definition) is 4. The van der Waals surface area contributed by atoms with Crippen molar-refractivity contribution < 1.29 is 9.53 Å². The SMILES string of the molecule is CCCc1nc(-c2cn(C)nc2C)ccc1C(=O)OCC. The van der Waals surface area contributed by atoms with E-state index in [1.807, 2.05) is 26.2 Å². The molecule has 21 heavy (non-hydrogen) atoms. The molecule has 0 saturated heterocycles. The normalized spacial score (nSPS) is 10.7. The van der Waals surface area contributed by atoms with E-state index in [9.17, 15) is 4.79 Å². The van der Waals surface area contributed by atoms with Crippen molar-refractivity contribution in [1.29, 1.82) is 0 Å². The lowest BCUT2D eigenvalue weighted by molar-refractivity contribution is 0.0524. The average molecular weight is 287 g/mol. The van der Waals surface area contributed by atoms with Crippen molar-refractivity contribution in [2.24, 2.45) is 7.05 Å². The molecule has 112 valence electrons. The van der Waals surface area contributed by atoms with E-state index in [1.165, 1.54) is 0 Å². The molecule has 0 aliphatic rings. The Hall–Kier alpha value is -2.17. The number of hydrogen-bond donors (Lipinski definition) is 0. The zero-order chi connectivity index (χ0) is 15.4. The fraction of sp³-hybridized carbons (Fsp3) is 0.438. The molecule has 0 radical (unpaired) electrons. The van der Waals surface area contributed by atoms with Crippen molar-refractivity contribution in [3.8, 4) is 11.3 Å². The van der Waals surface area contributed by atoms with Crippen LogP contribution in [0.4, 0.5) is 0 Å². The van der Waals surface area contributed by atoms with Crippen LogP contribution in [0.5, 0.6) is 0 Å². The van der Waals surface area contributed by atoms with Crippen LogP contribution in [-0.2, 0) is 18.2 Å². The summed E-state index contributed by atoms with van der Waals surface area (Å²) in [6.45, 7) is 6.19. The Morgan fingerprint density at radius 1 is 1.33 bits per heavy atom. The van der Waals surface area contributed by atoms with Gasteiger partial charge >= 0.3 is 5.97 Å². The van der Waals surface area contributed by atoms with Crippen LogP contribution in [0.2, 0.25) is 0 Å². The van der Waals surface area contributed by atoms with Crippen LogP contribution in [0.15, 0.2) is 18.3 Å². The Balaban J connectivity index is 2.44. The number of carbonyl (C=O) groups is 1. The molecule has 0 aliphatic carbocycles. The van der Waals surface area contributed by atoms with Gasteiger partial charge in [-0.25, -0.2) is 4.79 Å². The summed E-state index contributed by atoms with van der Waals surface area (Å²) in [5, 5.41) is 4.34. The van der Waals surface area contributed by atoms with Gasteiger partial charge in [0.2, 0.25) is 0 Å². The van der Waals surface area contributed by atoms with Crippen molar-refractivity contribution in [3.05, 3.63) is 35.3 Å². The number of esters is 1. The summed E-state index contributed by atoms with van der Waals surface area (Å²) < 4.78 is 6.86. The molecule has 0 atom stereocenters. The monoisotopic (exact) mass is 287 g/mol. The second-order valence-electron chi connectivity index (χ2n) is 4.96. The quantitative estimate of drug-likeness (QED) is 0.793. The zero-order valence-electron chi connectivity index (χ0n) is 13.0. The topological polar surface area (TPSA) is 57.0 Å². The van der Waals surface area contributed by atoms with E-state index in [-0.39, 0.29) is 5.97 Å². The molecule has 0 fully saturated rings.